The van der Waals surface area contributed by atoms with Crippen molar-refractivity contribution in [2.75, 3.05) is 0 Å². The summed E-state index contributed by atoms with van der Waals surface area (Å²) in [5.74, 6) is 0.808. The molecule has 0 aliphatic heterocycles. The van der Waals surface area contributed by atoms with Gasteiger partial charge < -0.3 is 4.42 Å². The van der Waals surface area contributed by atoms with Crippen LogP contribution < -0.4 is 0 Å². The van der Waals surface area contributed by atoms with Crippen molar-refractivity contribution in [3.05, 3.63) is 59.0 Å². The van der Waals surface area contributed by atoms with Gasteiger partial charge in [0, 0.05) is 12.0 Å². The van der Waals surface area contributed by atoms with E-state index in [1.165, 1.54) is 5.56 Å². The molecule has 2 heteroatoms. The molecule has 17 heavy (non-hydrogen) atoms. The van der Waals surface area contributed by atoms with Gasteiger partial charge in [0.15, 0.2) is 5.78 Å². The highest BCUT2D eigenvalue weighted by Crippen LogP contribution is 2.17. The molecule has 1 aromatic carbocycles. The van der Waals surface area contributed by atoms with Gasteiger partial charge in [0.05, 0.1) is 11.8 Å². The van der Waals surface area contributed by atoms with E-state index in [-0.39, 0.29) is 5.78 Å². The number of carbonyl (C=O) groups excluding carboxylic acids is 1. The first-order chi connectivity index (χ1) is 8.26. The third kappa shape index (κ3) is 2.31. The van der Waals surface area contributed by atoms with Crippen molar-refractivity contribution in [2.45, 2.75) is 26.7 Å². The Kier molecular flexibility index (Phi) is 3.43. The van der Waals surface area contributed by atoms with Crippen LogP contribution in [0.5, 0.6) is 0 Å². The van der Waals surface area contributed by atoms with Crippen LogP contribution in [0.2, 0.25) is 0 Å². The Morgan fingerprint density at radius 1 is 1.18 bits per heavy atom. The van der Waals surface area contributed by atoms with Gasteiger partial charge in [0.25, 0.3) is 0 Å². The van der Waals surface area contributed by atoms with Crippen LogP contribution in [0, 0.1) is 0 Å². The predicted octanol–water partition coefficient (Wildman–Crippen LogP) is 3.64. The quantitative estimate of drug-likeness (QED) is 0.748. The molecule has 2 nitrogen and oxygen atoms in total. The maximum absolute atomic E-state index is 12.3. The van der Waals surface area contributed by atoms with E-state index in [0.717, 1.165) is 24.2 Å². The van der Waals surface area contributed by atoms with E-state index in [2.05, 4.69) is 6.92 Å². The van der Waals surface area contributed by atoms with Gasteiger partial charge >= 0.3 is 0 Å². The van der Waals surface area contributed by atoms with E-state index in [1.807, 2.05) is 31.2 Å². The summed E-state index contributed by atoms with van der Waals surface area (Å²) < 4.78 is 5.29. The Morgan fingerprint density at radius 2 is 2.00 bits per heavy atom. The minimum Gasteiger partial charge on any atom is -0.469 e. The molecule has 0 aliphatic rings. The lowest BCUT2D eigenvalue weighted by atomic mass is 10.0. The number of benzene rings is 1. The molecule has 0 amide bonds. The molecule has 0 spiro atoms. The van der Waals surface area contributed by atoms with Crippen LogP contribution in [-0.4, -0.2) is 5.78 Å². The molecule has 0 unspecified atom stereocenters. The number of carbonyl (C=O) groups is 1. The van der Waals surface area contributed by atoms with Gasteiger partial charge in [-0.15, -0.1) is 0 Å². The number of rotatable bonds is 4. The molecular weight excluding hydrogens is 212 g/mol. The van der Waals surface area contributed by atoms with Crippen LogP contribution in [0.15, 0.2) is 41.0 Å². The minimum absolute atomic E-state index is 0.0471. The van der Waals surface area contributed by atoms with Gasteiger partial charge in [0.2, 0.25) is 0 Å². The minimum atomic E-state index is 0.0471. The number of hydrogen-bond acceptors (Lipinski definition) is 2. The van der Waals surface area contributed by atoms with E-state index in [1.54, 1.807) is 12.3 Å². The lowest BCUT2D eigenvalue weighted by molar-refractivity contribution is 0.103. The number of ketones is 1. The molecular formula is C15H16O2. The Bertz CT molecular complexity index is 523. The van der Waals surface area contributed by atoms with E-state index >= 15 is 0 Å². The summed E-state index contributed by atoms with van der Waals surface area (Å²) in [7, 11) is 0. The van der Waals surface area contributed by atoms with E-state index < -0.39 is 0 Å². The van der Waals surface area contributed by atoms with Crippen LogP contribution in [0.4, 0.5) is 0 Å². The highest BCUT2D eigenvalue weighted by Gasteiger charge is 2.15. The second-order valence-corrected chi connectivity index (χ2v) is 3.99. The number of furan rings is 1. The summed E-state index contributed by atoms with van der Waals surface area (Å²) in [5.41, 5.74) is 2.60. The van der Waals surface area contributed by atoms with Crippen molar-refractivity contribution < 1.29 is 9.21 Å². The average Bonchev–Trinajstić information content (AvgIpc) is 2.86. The molecule has 2 rings (SSSR count). The van der Waals surface area contributed by atoms with Crippen LogP contribution in [0.25, 0.3) is 0 Å². The molecule has 0 atom stereocenters. The first kappa shape index (κ1) is 11.6. The zero-order valence-corrected chi connectivity index (χ0v) is 10.2. The van der Waals surface area contributed by atoms with Crippen molar-refractivity contribution >= 4 is 5.78 Å². The van der Waals surface area contributed by atoms with Gasteiger partial charge in [-0.3, -0.25) is 4.79 Å². The first-order valence-electron chi connectivity index (χ1n) is 5.96. The lowest BCUT2D eigenvalue weighted by Crippen LogP contribution is -2.03. The van der Waals surface area contributed by atoms with Crippen molar-refractivity contribution in [1.29, 1.82) is 0 Å². The lowest BCUT2D eigenvalue weighted by Gasteiger charge is -2.03. The summed E-state index contributed by atoms with van der Waals surface area (Å²) >= 11 is 0. The van der Waals surface area contributed by atoms with Crippen molar-refractivity contribution in [3.63, 3.8) is 0 Å². The molecule has 0 aliphatic carbocycles. The topological polar surface area (TPSA) is 30.2 Å². The van der Waals surface area contributed by atoms with Gasteiger partial charge in [0.1, 0.15) is 5.76 Å². The molecule has 0 bridgehead atoms. The molecule has 0 saturated carbocycles. The SMILES string of the molecule is CCc1cccc(C(=O)c2ccoc2CC)c1. The fraction of sp³-hybridized carbons (Fsp3) is 0.267. The summed E-state index contributed by atoms with van der Waals surface area (Å²) in [6.45, 7) is 4.07. The zero-order chi connectivity index (χ0) is 12.3. The highest BCUT2D eigenvalue weighted by atomic mass is 16.3. The predicted molar refractivity (Wildman–Crippen MR) is 67.3 cm³/mol. The van der Waals surface area contributed by atoms with E-state index in [9.17, 15) is 4.79 Å². The van der Waals surface area contributed by atoms with Crippen molar-refractivity contribution in [3.8, 4) is 0 Å². The molecule has 1 heterocycles. The van der Waals surface area contributed by atoms with Crippen molar-refractivity contribution in [1.82, 2.24) is 0 Å². The summed E-state index contributed by atoms with van der Waals surface area (Å²) in [4.78, 5) is 12.3. The normalized spacial score (nSPS) is 10.5. The average molecular weight is 228 g/mol. The monoisotopic (exact) mass is 228 g/mol. The van der Waals surface area contributed by atoms with Crippen LogP contribution >= 0.6 is 0 Å². The standard InChI is InChI=1S/C15H16O2/c1-3-11-6-5-7-12(10-11)15(16)13-8-9-17-14(13)4-2/h5-10H,3-4H2,1-2H3. The zero-order valence-electron chi connectivity index (χ0n) is 10.2. The van der Waals surface area contributed by atoms with Gasteiger partial charge in [-0.2, -0.15) is 0 Å². The maximum Gasteiger partial charge on any atom is 0.196 e. The Labute approximate surface area is 101 Å². The second kappa shape index (κ2) is 5.00. The number of hydrogen-bond donors (Lipinski definition) is 0. The van der Waals surface area contributed by atoms with Crippen LogP contribution in [0.3, 0.4) is 0 Å². The Morgan fingerprint density at radius 3 is 2.71 bits per heavy atom. The first-order valence-corrected chi connectivity index (χ1v) is 5.96. The van der Waals surface area contributed by atoms with Crippen molar-refractivity contribution in [2.24, 2.45) is 0 Å². The highest BCUT2D eigenvalue weighted by molar-refractivity contribution is 6.09. The summed E-state index contributed by atoms with van der Waals surface area (Å²) in [6.07, 6.45) is 3.25. The summed E-state index contributed by atoms with van der Waals surface area (Å²) in [6, 6.07) is 9.52. The van der Waals surface area contributed by atoms with Crippen LogP contribution in [-0.2, 0) is 12.8 Å². The number of aryl methyl sites for hydroxylation is 2. The third-order valence-corrected chi connectivity index (χ3v) is 2.91. The molecule has 0 radical (unpaired) electrons. The fourth-order valence-corrected chi connectivity index (χ4v) is 1.90. The molecule has 0 saturated heterocycles. The van der Waals surface area contributed by atoms with Crippen LogP contribution in [0.1, 0.15) is 41.1 Å². The fourth-order valence-electron chi connectivity index (χ4n) is 1.90. The molecule has 88 valence electrons. The maximum atomic E-state index is 12.3. The Balaban J connectivity index is 2.36. The second-order valence-electron chi connectivity index (χ2n) is 3.99. The smallest absolute Gasteiger partial charge is 0.196 e. The van der Waals surface area contributed by atoms with Gasteiger partial charge in [-0.25, -0.2) is 0 Å². The van der Waals surface area contributed by atoms with E-state index in [0.29, 0.717) is 5.56 Å². The molecule has 0 fully saturated rings. The molecule has 0 N–H and O–H groups in total. The van der Waals surface area contributed by atoms with E-state index in [4.69, 9.17) is 4.42 Å². The summed E-state index contributed by atoms with van der Waals surface area (Å²) in [5, 5.41) is 0. The third-order valence-electron chi connectivity index (χ3n) is 2.91. The van der Waals surface area contributed by atoms with Gasteiger partial charge in [-0.05, 0) is 24.1 Å². The molecule has 2 aromatic rings. The Hall–Kier alpha value is -1.83. The largest absolute Gasteiger partial charge is 0.469 e. The van der Waals surface area contributed by atoms with Gasteiger partial charge in [-0.1, -0.05) is 32.0 Å². The molecule has 1 aromatic heterocycles.